The number of thioether (sulfide) groups is 1. The zero-order chi connectivity index (χ0) is 12.1. The van der Waals surface area contributed by atoms with Gasteiger partial charge in [0, 0.05) is 41.2 Å². The number of hydrogen-bond acceptors (Lipinski definition) is 4. The Morgan fingerprint density at radius 1 is 1.35 bits per heavy atom. The van der Waals surface area contributed by atoms with Crippen LogP contribution in [0.1, 0.15) is 29.2 Å². The average molecular weight is 270 g/mol. The third kappa shape index (κ3) is 4.28. The van der Waals surface area contributed by atoms with E-state index in [9.17, 15) is 0 Å². The third-order valence-electron chi connectivity index (χ3n) is 2.83. The SMILES string of the molecule is CC(C)NCCNCc1cc2c(s1)CCSC2. The van der Waals surface area contributed by atoms with Gasteiger partial charge in [0.2, 0.25) is 0 Å². The zero-order valence-corrected chi connectivity index (χ0v) is 12.3. The molecule has 0 aliphatic carbocycles. The average Bonchev–Trinajstić information content (AvgIpc) is 2.70. The van der Waals surface area contributed by atoms with Crippen molar-refractivity contribution in [2.45, 2.75) is 38.6 Å². The van der Waals surface area contributed by atoms with E-state index >= 15 is 0 Å². The van der Waals surface area contributed by atoms with E-state index in [0.29, 0.717) is 6.04 Å². The van der Waals surface area contributed by atoms with Crippen LogP contribution in [0.4, 0.5) is 0 Å². The van der Waals surface area contributed by atoms with Gasteiger partial charge in [0.05, 0.1) is 0 Å². The van der Waals surface area contributed by atoms with Gasteiger partial charge >= 0.3 is 0 Å². The standard InChI is InChI=1S/C13H22N2S2/c1-10(2)15-5-4-14-8-12-7-11-9-16-6-3-13(11)17-12/h7,10,14-15H,3-6,8-9H2,1-2H3. The maximum atomic E-state index is 3.51. The highest BCUT2D eigenvalue weighted by atomic mass is 32.2. The topological polar surface area (TPSA) is 24.1 Å². The van der Waals surface area contributed by atoms with Crippen molar-refractivity contribution in [2.24, 2.45) is 0 Å². The molecule has 4 heteroatoms. The van der Waals surface area contributed by atoms with Crippen molar-refractivity contribution >= 4 is 23.1 Å². The molecule has 0 amide bonds. The fourth-order valence-corrected chi connectivity index (χ4v) is 4.31. The molecule has 0 saturated heterocycles. The molecule has 2 rings (SSSR count). The third-order valence-corrected chi connectivity index (χ3v) is 5.08. The second-order valence-electron chi connectivity index (χ2n) is 4.75. The van der Waals surface area contributed by atoms with Crippen LogP contribution < -0.4 is 10.6 Å². The molecule has 0 radical (unpaired) electrons. The molecule has 2 N–H and O–H groups in total. The Bertz CT molecular complexity index is 324. The normalized spacial score (nSPS) is 15.2. The predicted molar refractivity (Wildman–Crippen MR) is 79.0 cm³/mol. The van der Waals surface area contributed by atoms with Crippen molar-refractivity contribution in [3.05, 3.63) is 21.4 Å². The molecule has 1 aliphatic heterocycles. The van der Waals surface area contributed by atoms with Crippen molar-refractivity contribution < 1.29 is 0 Å². The van der Waals surface area contributed by atoms with Gasteiger partial charge < -0.3 is 10.6 Å². The first kappa shape index (κ1) is 13.4. The van der Waals surface area contributed by atoms with E-state index < -0.39 is 0 Å². The minimum absolute atomic E-state index is 0.586. The van der Waals surface area contributed by atoms with Crippen LogP contribution in [0.2, 0.25) is 0 Å². The summed E-state index contributed by atoms with van der Waals surface area (Å²) in [6.07, 6.45) is 1.28. The molecule has 17 heavy (non-hydrogen) atoms. The summed E-state index contributed by atoms with van der Waals surface area (Å²) in [6, 6.07) is 2.98. The summed E-state index contributed by atoms with van der Waals surface area (Å²) in [4.78, 5) is 3.13. The predicted octanol–water partition coefficient (Wildman–Crippen LogP) is 2.63. The lowest BCUT2D eigenvalue weighted by molar-refractivity contribution is 0.557. The highest BCUT2D eigenvalue weighted by Crippen LogP contribution is 2.31. The molecule has 0 aromatic carbocycles. The molecule has 2 heterocycles. The number of rotatable bonds is 6. The lowest BCUT2D eigenvalue weighted by Gasteiger charge is -2.08. The second kappa shape index (κ2) is 6.78. The van der Waals surface area contributed by atoms with E-state index in [2.05, 4.69) is 42.3 Å². The van der Waals surface area contributed by atoms with Gasteiger partial charge in [-0.15, -0.1) is 11.3 Å². The van der Waals surface area contributed by atoms with Gasteiger partial charge in [-0.05, 0) is 23.8 Å². The zero-order valence-electron chi connectivity index (χ0n) is 10.7. The smallest absolute Gasteiger partial charge is 0.0300 e. The van der Waals surface area contributed by atoms with Gasteiger partial charge in [-0.2, -0.15) is 11.8 Å². The van der Waals surface area contributed by atoms with Crippen molar-refractivity contribution in [2.75, 3.05) is 18.8 Å². The molecule has 0 spiro atoms. The van der Waals surface area contributed by atoms with E-state index in [1.165, 1.54) is 22.8 Å². The van der Waals surface area contributed by atoms with Crippen LogP contribution >= 0.6 is 23.1 Å². The molecule has 1 aromatic heterocycles. The van der Waals surface area contributed by atoms with Crippen LogP contribution in [0.15, 0.2) is 6.07 Å². The number of nitrogens with one attached hydrogen (secondary N) is 2. The summed E-state index contributed by atoms with van der Waals surface area (Å²) in [7, 11) is 0. The molecule has 2 nitrogen and oxygen atoms in total. The van der Waals surface area contributed by atoms with Gasteiger partial charge in [-0.25, -0.2) is 0 Å². The fourth-order valence-electron chi connectivity index (χ4n) is 1.96. The molecule has 96 valence electrons. The number of fused-ring (bicyclic) bond motifs is 1. The van der Waals surface area contributed by atoms with Crippen LogP contribution in [0.25, 0.3) is 0 Å². The van der Waals surface area contributed by atoms with E-state index in [0.717, 1.165) is 19.6 Å². The Morgan fingerprint density at radius 3 is 3.00 bits per heavy atom. The Labute approximate surface area is 113 Å². The molecule has 0 fully saturated rings. The maximum absolute atomic E-state index is 3.51. The molecular weight excluding hydrogens is 248 g/mol. The Morgan fingerprint density at radius 2 is 2.24 bits per heavy atom. The summed E-state index contributed by atoms with van der Waals surface area (Å²) >= 11 is 4.07. The maximum Gasteiger partial charge on any atom is 0.0300 e. The molecule has 0 bridgehead atoms. The number of aryl methyl sites for hydroxylation is 1. The number of hydrogen-bond donors (Lipinski definition) is 2. The Hall–Kier alpha value is -0.0300. The monoisotopic (exact) mass is 270 g/mol. The first-order valence-corrected chi connectivity index (χ1v) is 8.35. The molecule has 0 unspecified atom stereocenters. The van der Waals surface area contributed by atoms with Crippen LogP contribution in [-0.4, -0.2) is 24.9 Å². The van der Waals surface area contributed by atoms with Crippen molar-refractivity contribution in [3.8, 4) is 0 Å². The van der Waals surface area contributed by atoms with Gasteiger partial charge in [0.25, 0.3) is 0 Å². The second-order valence-corrected chi connectivity index (χ2v) is 7.08. The first-order chi connectivity index (χ1) is 8.25. The Balaban J connectivity index is 1.70. The summed E-state index contributed by atoms with van der Waals surface area (Å²) in [5.41, 5.74) is 1.59. The van der Waals surface area contributed by atoms with Gasteiger partial charge in [-0.1, -0.05) is 13.8 Å². The summed E-state index contributed by atoms with van der Waals surface area (Å²) in [5, 5.41) is 6.93. The molecular formula is C13H22N2S2. The minimum Gasteiger partial charge on any atom is -0.313 e. The van der Waals surface area contributed by atoms with Crippen molar-refractivity contribution in [3.63, 3.8) is 0 Å². The lowest BCUT2D eigenvalue weighted by Crippen LogP contribution is -2.31. The number of thiophene rings is 1. The van der Waals surface area contributed by atoms with Crippen molar-refractivity contribution in [1.82, 2.24) is 10.6 Å². The van der Waals surface area contributed by atoms with E-state index in [-0.39, 0.29) is 0 Å². The highest BCUT2D eigenvalue weighted by Gasteiger charge is 2.12. The van der Waals surface area contributed by atoms with E-state index in [1.807, 2.05) is 11.3 Å². The molecule has 1 aliphatic rings. The van der Waals surface area contributed by atoms with Crippen LogP contribution in [0.5, 0.6) is 0 Å². The molecule has 1 aromatic rings. The van der Waals surface area contributed by atoms with Gasteiger partial charge in [0.1, 0.15) is 0 Å². The quantitative estimate of drug-likeness (QED) is 0.777. The summed E-state index contributed by atoms with van der Waals surface area (Å²) in [6.45, 7) is 7.51. The first-order valence-electron chi connectivity index (χ1n) is 6.38. The van der Waals surface area contributed by atoms with Crippen molar-refractivity contribution in [1.29, 1.82) is 0 Å². The van der Waals surface area contributed by atoms with Crippen LogP contribution in [-0.2, 0) is 18.7 Å². The largest absolute Gasteiger partial charge is 0.313 e. The van der Waals surface area contributed by atoms with E-state index in [4.69, 9.17) is 0 Å². The summed E-state index contributed by atoms with van der Waals surface area (Å²) < 4.78 is 0. The lowest BCUT2D eigenvalue weighted by atomic mass is 10.2. The molecule has 0 saturated carbocycles. The van der Waals surface area contributed by atoms with Gasteiger partial charge in [-0.3, -0.25) is 0 Å². The minimum atomic E-state index is 0.586. The Kier molecular flexibility index (Phi) is 5.35. The van der Waals surface area contributed by atoms with E-state index in [1.54, 1.807) is 10.4 Å². The highest BCUT2D eigenvalue weighted by molar-refractivity contribution is 7.98. The van der Waals surface area contributed by atoms with Gasteiger partial charge in [0.15, 0.2) is 0 Å². The summed E-state index contributed by atoms with van der Waals surface area (Å²) in [5.74, 6) is 2.53. The fraction of sp³-hybridized carbons (Fsp3) is 0.692. The molecule has 0 atom stereocenters. The van der Waals surface area contributed by atoms with Crippen LogP contribution in [0, 0.1) is 0 Å². The van der Waals surface area contributed by atoms with Crippen LogP contribution in [0.3, 0.4) is 0 Å².